The molecule has 8 heteroatoms. The zero-order valence-corrected chi connectivity index (χ0v) is 14.3. The van der Waals surface area contributed by atoms with Crippen molar-refractivity contribution in [3.05, 3.63) is 53.6 Å². The first-order chi connectivity index (χ1) is 12.3. The van der Waals surface area contributed by atoms with Gasteiger partial charge in [-0.1, -0.05) is 28.9 Å². The smallest absolute Gasteiger partial charge is 0.241 e. The average molecular weight is 357 g/mol. The summed E-state index contributed by atoms with van der Waals surface area (Å²) < 4.78 is 5.39. The lowest BCUT2D eigenvalue weighted by atomic mass is 10.2. The lowest BCUT2D eigenvalue weighted by molar-refractivity contribution is 0.214. The molecule has 0 amide bonds. The molecule has 1 aliphatic heterocycles. The van der Waals surface area contributed by atoms with Gasteiger partial charge < -0.3 is 9.42 Å². The van der Waals surface area contributed by atoms with Crippen LogP contribution in [0.25, 0.3) is 11.4 Å². The van der Waals surface area contributed by atoms with Crippen LogP contribution in [0.4, 0.5) is 5.95 Å². The molecule has 2 aromatic heterocycles. The van der Waals surface area contributed by atoms with E-state index in [2.05, 4.69) is 29.9 Å². The first-order valence-electron chi connectivity index (χ1n) is 8.11. The SMILES string of the molecule is Clc1cccc(-c2noc(CN3CCN(c4ncccn4)CC3)n2)c1. The van der Waals surface area contributed by atoms with Gasteiger partial charge in [0.2, 0.25) is 17.7 Å². The van der Waals surface area contributed by atoms with Crippen LogP contribution in [0.3, 0.4) is 0 Å². The second-order valence-corrected chi connectivity index (χ2v) is 6.27. The first-order valence-corrected chi connectivity index (χ1v) is 8.48. The molecule has 0 radical (unpaired) electrons. The molecule has 3 heterocycles. The summed E-state index contributed by atoms with van der Waals surface area (Å²) >= 11 is 6.01. The first kappa shape index (κ1) is 16.0. The highest BCUT2D eigenvalue weighted by Crippen LogP contribution is 2.20. The summed E-state index contributed by atoms with van der Waals surface area (Å²) in [5.74, 6) is 1.95. The molecule has 0 saturated carbocycles. The highest BCUT2D eigenvalue weighted by molar-refractivity contribution is 6.30. The van der Waals surface area contributed by atoms with Crippen LogP contribution in [0.2, 0.25) is 5.02 Å². The molecule has 1 aromatic carbocycles. The Bertz CT molecular complexity index is 832. The molecule has 0 N–H and O–H groups in total. The van der Waals surface area contributed by atoms with Crippen molar-refractivity contribution in [3.8, 4) is 11.4 Å². The van der Waals surface area contributed by atoms with E-state index in [0.717, 1.165) is 37.7 Å². The molecular formula is C17H17ClN6O. The molecule has 0 unspecified atom stereocenters. The number of nitrogens with zero attached hydrogens (tertiary/aromatic N) is 6. The number of hydrogen-bond acceptors (Lipinski definition) is 7. The fourth-order valence-corrected chi connectivity index (χ4v) is 3.01. The van der Waals surface area contributed by atoms with Gasteiger partial charge in [0.05, 0.1) is 6.54 Å². The lowest BCUT2D eigenvalue weighted by Crippen LogP contribution is -2.46. The minimum atomic E-state index is 0.564. The van der Waals surface area contributed by atoms with Crippen LogP contribution in [0.1, 0.15) is 5.89 Å². The zero-order chi connectivity index (χ0) is 17.1. The van der Waals surface area contributed by atoms with E-state index in [9.17, 15) is 0 Å². The number of benzene rings is 1. The van der Waals surface area contributed by atoms with E-state index in [1.165, 1.54) is 0 Å². The Balaban J connectivity index is 1.36. The molecule has 128 valence electrons. The second-order valence-electron chi connectivity index (χ2n) is 5.83. The van der Waals surface area contributed by atoms with E-state index < -0.39 is 0 Å². The van der Waals surface area contributed by atoms with Gasteiger partial charge in [0.25, 0.3) is 0 Å². The van der Waals surface area contributed by atoms with Crippen LogP contribution in [-0.2, 0) is 6.54 Å². The van der Waals surface area contributed by atoms with Crippen LogP contribution in [0.5, 0.6) is 0 Å². The van der Waals surface area contributed by atoms with Gasteiger partial charge in [-0.3, -0.25) is 4.90 Å². The van der Waals surface area contributed by atoms with Crippen molar-refractivity contribution in [2.24, 2.45) is 0 Å². The second kappa shape index (κ2) is 7.16. The molecule has 3 aromatic rings. The predicted molar refractivity (Wildman–Crippen MR) is 94.3 cm³/mol. The van der Waals surface area contributed by atoms with E-state index >= 15 is 0 Å². The van der Waals surface area contributed by atoms with Crippen molar-refractivity contribution in [2.45, 2.75) is 6.54 Å². The van der Waals surface area contributed by atoms with Crippen LogP contribution < -0.4 is 4.90 Å². The molecule has 1 aliphatic rings. The van der Waals surface area contributed by atoms with Crippen molar-refractivity contribution < 1.29 is 4.52 Å². The molecule has 4 rings (SSSR count). The Kier molecular flexibility index (Phi) is 4.58. The molecular weight excluding hydrogens is 340 g/mol. The van der Waals surface area contributed by atoms with Gasteiger partial charge in [-0.2, -0.15) is 4.98 Å². The van der Waals surface area contributed by atoms with Gasteiger partial charge in [-0.25, -0.2) is 9.97 Å². The van der Waals surface area contributed by atoms with Gasteiger partial charge in [-0.05, 0) is 18.2 Å². The van der Waals surface area contributed by atoms with Gasteiger partial charge >= 0.3 is 0 Å². The van der Waals surface area contributed by atoms with Crippen molar-refractivity contribution >= 4 is 17.5 Å². The summed E-state index contributed by atoms with van der Waals surface area (Å²) in [6.45, 7) is 4.18. The Morgan fingerprint density at radius 2 is 1.84 bits per heavy atom. The third kappa shape index (κ3) is 3.78. The van der Waals surface area contributed by atoms with Crippen LogP contribution in [0.15, 0.2) is 47.2 Å². The normalized spacial score (nSPS) is 15.5. The lowest BCUT2D eigenvalue weighted by Gasteiger charge is -2.33. The van der Waals surface area contributed by atoms with Gasteiger partial charge in [0, 0.05) is 49.2 Å². The third-order valence-electron chi connectivity index (χ3n) is 4.12. The summed E-state index contributed by atoms with van der Waals surface area (Å²) in [6, 6.07) is 9.27. The number of halogens is 1. The van der Waals surface area contributed by atoms with Crippen molar-refractivity contribution in [1.82, 2.24) is 25.0 Å². The maximum Gasteiger partial charge on any atom is 0.241 e. The number of anilines is 1. The maximum absolute atomic E-state index is 6.01. The van der Waals surface area contributed by atoms with Gasteiger partial charge in [0.15, 0.2) is 0 Å². The fourth-order valence-electron chi connectivity index (χ4n) is 2.82. The van der Waals surface area contributed by atoms with E-state index in [1.54, 1.807) is 12.4 Å². The number of piperazine rings is 1. The largest absolute Gasteiger partial charge is 0.338 e. The number of hydrogen-bond donors (Lipinski definition) is 0. The fraction of sp³-hybridized carbons (Fsp3) is 0.294. The summed E-state index contributed by atoms with van der Waals surface area (Å²) in [5, 5.41) is 4.71. The van der Waals surface area contributed by atoms with E-state index in [-0.39, 0.29) is 0 Å². The topological polar surface area (TPSA) is 71.2 Å². The molecule has 0 atom stereocenters. The molecule has 1 fully saturated rings. The minimum Gasteiger partial charge on any atom is -0.338 e. The van der Waals surface area contributed by atoms with Crippen LogP contribution in [-0.4, -0.2) is 51.2 Å². The van der Waals surface area contributed by atoms with Crippen LogP contribution >= 0.6 is 11.6 Å². The predicted octanol–water partition coefficient (Wildman–Crippen LogP) is 2.50. The maximum atomic E-state index is 6.01. The van der Waals surface area contributed by atoms with Crippen molar-refractivity contribution in [2.75, 3.05) is 31.1 Å². The number of rotatable bonds is 4. The minimum absolute atomic E-state index is 0.564. The van der Waals surface area contributed by atoms with Crippen molar-refractivity contribution in [3.63, 3.8) is 0 Å². The van der Waals surface area contributed by atoms with E-state index in [0.29, 0.717) is 23.3 Å². The van der Waals surface area contributed by atoms with Crippen molar-refractivity contribution in [1.29, 1.82) is 0 Å². The average Bonchev–Trinajstić information content (AvgIpc) is 3.12. The molecule has 25 heavy (non-hydrogen) atoms. The molecule has 7 nitrogen and oxygen atoms in total. The standard InChI is InChI=1S/C17H17ClN6O/c18-14-4-1-3-13(11-14)16-21-15(25-22-16)12-23-7-9-24(10-8-23)17-19-5-2-6-20-17/h1-6,11H,7-10,12H2. The molecule has 1 saturated heterocycles. The summed E-state index contributed by atoms with van der Waals surface area (Å²) in [7, 11) is 0. The van der Waals surface area contributed by atoms with Gasteiger partial charge in [0.1, 0.15) is 0 Å². The zero-order valence-electron chi connectivity index (χ0n) is 13.5. The Morgan fingerprint density at radius 1 is 1.04 bits per heavy atom. The molecule has 0 aliphatic carbocycles. The quantitative estimate of drug-likeness (QED) is 0.711. The third-order valence-corrected chi connectivity index (χ3v) is 4.35. The molecule has 0 spiro atoms. The monoisotopic (exact) mass is 356 g/mol. The summed E-state index contributed by atoms with van der Waals surface area (Å²) in [5.41, 5.74) is 0.855. The highest BCUT2D eigenvalue weighted by atomic mass is 35.5. The summed E-state index contributed by atoms with van der Waals surface area (Å²) in [6.07, 6.45) is 3.54. The van der Waals surface area contributed by atoms with Gasteiger partial charge in [-0.15, -0.1) is 0 Å². The highest BCUT2D eigenvalue weighted by Gasteiger charge is 2.20. The van der Waals surface area contributed by atoms with E-state index in [1.807, 2.05) is 30.3 Å². The van der Waals surface area contributed by atoms with E-state index in [4.69, 9.17) is 16.1 Å². The Morgan fingerprint density at radius 3 is 2.60 bits per heavy atom. The Labute approximate surface area is 150 Å². The summed E-state index contributed by atoms with van der Waals surface area (Å²) in [4.78, 5) is 17.5. The Hall–Kier alpha value is -2.51. The van der Waals surface area contributed by atoms with Crippen LogP contribution in [0, 0.1) is 0 Å². The molecule has 0 bridgehead atoms. The number of aromatic nitrogens is 4.